The van der Waals surface area contributed by atoms with E-state index in [2.05, 4.69) is 5.32 Å². The maximum absolute atomic E-state index is 13.0. The molecule has 38 heavy (non-hydrogen) atoms. The SMILES string of the molecule is CCOc1cc(/C=C2\SC(=O)N(Cc3c(Cl)cccc3Cl)C2=O)ccc1OCC(=O)Nc1ccc(Cl)cc1. The number of nitrogens with one attached hydrogen (secondary N) is 1. The lowest BCUT2D eigenvalue weighted by Crippen LogP contribution is -2.27. The number of amides is 3. The summed E-state index contributed by atoms with van der Waals surface area (Å²) in [5, 5.41) is 3.61. The van der Waals surface area contributed by atoms with Crippen LogP contribution in [0.15, 0.2) is 65.6 Å². The van der Waals surface area contributed by atoms with Gasteiger partial charge in [-0.25, -0.2) is 0 Å². The molecule has 0 radical (unpaired) electrons. The molecule has 0 saturated carbocycles. The van der Waals surface area contributed by atoms with Gasteiger partial charge in [-0.05, 0) is 78.9 Å². The Kier molecular flexibility index (Phi) is 9.22. The molecule has 1 heterocycles. The van der Waals surface area contributed by atoms with Crippen molar-refractivity contribution < 1.29 is 23.9 Å². The predicted molar refractivity (Wildman–Crippen MR) is 151 cm³/mol. The summed E-state index contributed by atoms with van der Waals surface area (Å²) in [6.45, 7) is 1.89. The summed E-state index contributed by atoms with van der Waals surface area (Å²) in [6.07, 6.45) is 1.60. The number of nitrogens with zero attached hydrogens (tertiary/aromatic N) is 1. The van der Waals surface area contributed by atoms with Gasteiger partial charge in [0.15, 0.2) is 18.1 Å². The van der Waals surface area contributed by atoms with Gasteiger partial charge in [0.1, 0.15) is 0 Å². The first-order chi connectivity index (χ1) is 18.2. The molecule has 1 fully saturated rings. The number of rotatable bonds is 9. The molecular weight excluding hydrogens is 571 g/mol. The summed E-state index contributed by atoms with van der Waals surface area (Å²) >= 11 is 19.1. The molecule has 1 aliphatic heterocycles. The van der Waals surface area contributed by atoms with Crippen LogP contribution in [0, 0.1) is 0 Å². The number of hydrogen-bond acceptors (Lipinski definition) is 6. The van der Waals surface area contributed by atoms with Gasteiger partial charge in [0.05, 0.1) is 18.1 Å². The average molecular weight is 592 g/mol. The second-order valence-electron chi connectivity index (χ2n) is 7.95. The van der Waals surface area contributed by atoms with Gasteiger partial charge in [0.25, 0.3) is 17.1 Å². The summed E-state index contributed by atoms with van der Waals surface area (Å²) in [4.78, 5) is 39.2. The lowest BCUT2D eigenvalue weighted by Gasteiger charge is -2.15. The first-order valence-electron chi connectivity index (χ1n) is 11.4. The Hall–Kier alpha value is -3.17. The zero-order valence-corrected chi connectivity index (χ0v) is 23.1. The molecule has 0 spiro atoms. The molecule has 0 atom stereocenters. The first kappa shape index (κ1) is 27.9. The van der Waals surface area contributed by atoms with E-state index < -0.39 is 11.1 Å². The van der Waals surface area contributed by atoms with Crippen molar-refractivity contribution >= 4 is 75.4 Å². The van der Waals surface area contributed by atoms with Crippen molar-refractivity contribution in [1.82, 2.24) is 4.90 Å². The maximum Gasteiger partial charge on any atom is 0.293 e. The van der Waals surface area contributed by atoms with Gasteiger partial charge in [-0.3, -0.25) is 19.3 Å². The molecule has 0 aliphatic carbocycles. The number of carbonyl (C=O) groups is 3. The van der Waals surface area contributed by atoms with Crippen LogP contribution in [0.1, 0.15) is 18.1 Å². The number of anilines is 1. The standard InChI is InChI=1S/C27H21Cl3N2O5S/c1-2-36-23-12-16(6-11-22(23)37-15-25(33)31-18-9-7-17(28)8-10-18)13-24-26(34)32(27(35)38-24)14-19-20(29)4-3-5-21(19)30/h3-13H,2,14-15H2,1H3,(H,31,33)/b24-13-. The van der Waals surface area contributed by atoms with Crippen LogP contribution in [-0.2, 0) is 16.1 Å². The van der Waals surface area contributed by atoms with Gasteiger partial charge >= 0.3 is 0 Å². The second kappa shape index (κ2) is 12.6. The van der Waals surface area contributed by atoms with E-state index in [0.717, 1.165) is 16.7 Å². The Labute approximate surface area is 238 Å². The minimum absolute atomic E-state index is 0.0322. The molecule has 3 aromatic carbocycles. The van der Waals surface area contributed by atoms with Crippen LogP contribution in [0.4, 0.5) is 10.5 Å². The number of ether oxygens (including phenoxy) is 2. The van der Waals surface area contributed by atoms with Crippen molar-refractivity contribution in [1.29, 1.82) is 0 Å². The van der Waals surface area contributed by atoms with E-state index in [-0.39, 0.29) is 24.0 Å². The fourth-order valence-corrected chi connectivity index (χ4v) is 4.99. The van der Waals surface area contributed by atoms with Crippen molar-refractivity contribution in [3.05, 3.63) is 91.8 Å². The Bertz CT molecular complexity index is 1390. The Balaban J connectivity index is 1.46. The van der Waals surface area contributed by atoms with Gasteiger partial charge in [-0.2, -0.15) is 0 Å². The summed E-state index contributed by atoms with van der Waals surface area (Å²) in [5.74, 6) is -0.0568. The third kappa shape index (κ3) is 6.82. The lowest BCUT2D eigenvalue weighted by atomic mass is 10.1. The maximum atomic E-state index is 13.0. The number of carbonyl (C=O) groups excluding carboxylic acids is 3. The van der Waals surface area contributed by atoms with Crippen LogP contribution in [0.3, 0.4) is 0 Å². The number of halogens is 3. The van der Waals surface area contributed by atoms with Gasteiger partial charge in [0.2, 0.25) is 0 Å². The van der Waals surface area contributed by atoms with Crippen molar-refractivity contribution in [2.75, 3.05) is 18.5 Å². The van der Waals surface area contributed by atoms with Crippen LogP contribution in [0.2, 0.25) is 15.1 Å². The zero-order valence-electron chi connectivity index (χ0n) is 20.0. The highest BCUT2D eigenvalue weighted by molar-refractivity contribution is 8.18. The number of imide groups is 1. The highest BCUT2D eigenvalue weighted by Gasteiger charge is 2.35. The molecule has 3 amide bonds. The molecule has 0 bridgehead atoms. The summed E-state index contributed by atoms with van der Waals surface area (Å²) < 4.78 is 11.4. The quantitative estimate of drug-likeness (QED) is 0.263. The molecular formula is C27H21Cl3N2O5S. The largest absolute Gasteiger partial charge is 0.490 e. The van der Waals surface area contributed by atoms with Crippen molar-refractivity contribution in [3.63, 3.8) is 0 Å². The van der Waals surface area contributed by atoms with Crippen molar-refractivity contribution in [2.24, 2.45) is 0 Å². The topological polar surface area (TPSA) is 84.9 Å². The Morgan fingerprint density at radius 3 is 2.37 bits per heavy atom. The molecule has 11 heteroatoms. The third-order valence-corrected chi connectivity index (χ3v) is 7.17. The second-order valence-corrected chi connectivity index (χ2v) is 10.2. The van der Waals surface area contributed by atoms with E-state index in [4.69, 9.17) is 44.3 Å². The molecule has 3 aromatic rings. The molecule has 0 unspecified atom stereocenters. The molecule has 7 nitrogen and oxygen atoms in total. The van der Waals surface area contributed by atoms with Crippen LogP contribution in [0.5, 0.6) is 11.5 Å². The molecule has 0 aromatic heterocycles. The van der Waals surface area contributed by atoms with E-state index in [9.17, 15) is 14.4 Å². The predicted octanol–water partition coefficient (Wildman–Crippen LogP) is 7.30. The number of hydrogen-bond donors (Lipinski definition) is 1. The van der Waals surface area contributed by atoms with Gasteiger partial charge in [-0.1, -0.05) is 46.9 Å². The number of thioether (sulfide) groups is 1. The normalized spacial score (nSPS) is 14.2. The molecule has 196 valence electrons. The van der Waals surface area contributed by atoms with Crippen molar-refractivity contribution in [3.8, 4) is 11.5 Å². The van der Waals surface area contributed by atoms with Crippen molar-refractivity contribution in [2.45, 2.75) is 13.5 Å². The van der Waals surface area contributed by atoms with Crippen LogP contribution in [-0.4, -0.2) is 35.2 Å². The molecule has 4 rings (SSSR count). The minimum atomic E-state index is -0.451. The summed E-state index contributed by atoms with van der Waals surface area (Å²) in [7, 11) is 0. The average Bonchev–Trinajstić information content (AvgIpc) is 3.14. The van der Waals surface area contributed by atoms with E-state index in [1.807, 2.05) is 6.92 Å². The smallest absolute Gasteiger partial charge is 0.293 e. The fraction of sp³-hybridized carbons (Fsp3) is 0.148. The van der Waals surface area contributed by atoms with E-state index in [0.29, 0.717) is 50.0 Å². The fourth-order valence-electron chi connectivity index (χ4n) is 3.50. The lowest BCUT2D eigenvalue weighted by molar-refractivity contribution is -0.123. The summed E-state index contributed by atoms with van der Waals surface area (Å²) in [6, 6.07) is 16.7. The minimum Gasteiger partial charge on any atom is -0.490 e. The van der Waals surface area contributed by atoms with Crippen LogP contribution >= 0.6 is 46.6 Å². The molecule has 1 N–H and O–H groups in total. The molecule has 1 saturated heterocycles. The monoisotopic (exact) mass is 590 g/mol. The van der Waals surface area contributed by atoms with Gasteiger partial charge in [-0.15, -0.1) is 0 Å². The molecule has 1 aliphatic rings. The van der Waals surface area contributed by atoms with E-state index >= 15 is 0 Å². The zero-order chi connectivity index (χ0) is 27.2. The highest BCUT2D eigenvalue weighted by Crippen LogP contribution is 2.37. The van der Waals surface area contributed by atoms with Crippen LogP contribution < -0.4 is 14.8 Å². The Morgan fingerprint density at radius 2 is 1.68 bits per heavy atom. The third-order valence-electron chi connectivity index (χ3n) is 5.30. The first-order valence-corrected chi connectivity index (χ1v) is 13.3. The Morgan fingerprint density at radius 1 is 0.974 bits per heavy atom. The van der Waals surface area contributed by atoms with Crippen LogP contribution in [0.25, 0.3) is 6.08 Å². The van der Waals surface area contributed by atoms with Gasteiger partial charge < -0.3 is 14.8 Å². The number of benzene rings is 3. The van der Waals surface area contributed by atoms with E-state index in [1.165, 1.54) is 0 Å². The highest BCUT2D eigenvalue weighted by atomic mass is 35.5. The van der Waals surface area contributed by atoms with E-state index in [1.54, 1.807) is 66.7 Å². The summed E-state index contributed by atoms with van der Waals surface area (Å²) in [5.41, 5.74) is 1.71. The van der Waals surface area contributed by atoms with Gasteiger partial charge in [0, 0.05) is 26.3 Å².